The highest BCUT2D eigenvalue weighted by molar-refractivity contribution is 7.99. The van der Waals surface area contributed by atoms with Crippen molar-refractivity contribution in [2.24, 2.45) is 0 Å². The second-order valence-corrected chi connectivity index (χ2v) is 5.12. The minimum absolute atomic E-state index is 0.0439. The summed E-state index contributed by atoms with van der Waals surface area (Å²) in [6.45, 7) is 0. The summed E-state index contributed by atoms with van der Waals surface area (Å²) in [6.07, 6.45) is -3.64. The van der Waals surface area contributed by atoms with E-state index in [-0.39, 0.29) is 23.4 Å². The molecule has 0 aromatic heterocycles. The number of carbonyl (C=O) groups excluding carboxylic acids is 1. The van der Waals surface area contributed by atoms with E-state index in [1.54, 1.807) is 11.8 Å². The molecule has 8 heteroatoms. The quantitative estimate of drug-likeness (QED) is 0.866. The molecule has 1 saturated heterocycles. The molecule has 102 valence electrons. The first-order chi connectivity index (χ1) is 9.03. The van der Waals surface area contributed by atoms with Crippen molar-refractivity contribution in [3.8, 4) is 11.5 Å². The van der Waals surface area contributed by atoms with Crippen molar-refractivity contribution in [3.05, 3.63) is 18.2 Å². The van der Waals surface area contributed by atoms with Crippen LogP contribution in [0.3, 0.4) is 0 Å². The molecule has 2 aliphatic heterocycles. The van der Waals surface area contributed by atoms with Gasteiger partial charge in [-0.3, -0.25) is 10.1 Å². The standard InChI is InChI=1S/C11H10F2N2O3S/c12-11(13)17-8-2-1-6(3-9(8)18-11)15-10(16)7-4-19-5-14-7/h1-3,7,14H,4-5H2,(H,15,16). The molecule has 1 amide bonds. The number of carbonyl (C=O) groups is 1. The van der Waals surface area contributed by atoms with Crippen LogP contribution < -0.4 is 20.1 Å². The summed E-state index contributed by atoms with van der Waals surface area (Å²) in [7, 11) is 0. The number of ether oxygens (including phenoxy) is 2. The molecule has 0 spiro atoms. The average Bonchev–Trinajstić information content (AvgIpc) is 2.93. The lowest BCUT2D eigenvalue weighted by Gasteiger charge is -2.10. The van der Waals surface area contributed by atoms with Gasteiger partial charge in [0.1, 0.15) is 0 Å². The first kappa shape index (κ1) is 12.5. The number of rotatable bonds is 2. The van der Waals surface area contributed by atoms with E-state index >= 15 is 0 Å². The van der Waals surface area contributed by atoms with Crippen LogP contribution in [0, 0.1) is 0 Å². The molecule has 5 nitrogen and oxygen atoms in total. The molecule has 2 aliphatic rings. The van der Waals surface area contributed by atoms with Crippen LogP contribution in [0.4, 0.5) is 14.5 Å². The zero-order valence-electron chi connectivity index (χ0n) is 9.61. The Hall–Kier alpha value is -1.54. The van der Waals surface area contributed by atoms with Crippen molar-refractivity contribution in [2.45, 2.75) is 12.3 Å². The molecule has 1 aromatic rings. The van der Waals surface area contributed by atoms with E-state index in [0.717, 1.165) is 5.88 Å². The van der Waals surface area contributed by atoms with Gasteiger partial charge in [0, 0.05) is 23.4 Å². The summed E-state index contributed by atoms with van der Waals surface area (Å²) in [5.41, 5.74) is 0.392. The van der Waals surface area contributed by atoms with Gasteiger partial charge in [0.2, 0.25) is 5.91 Å². The van der Waals surface area contributed by atoms with Crippen LogP contribution in [0.25, 0.3) is 0 Å². The first-order valence-electron chi connectivity index (χ1n) is 5.55. The van der Waals surface area contributed by atoms with Gasteiger partial charge < -0.3 is 14.8 Å². The van der Waals surface area contributed by atoms with Gasteiger partial charge >= 0.3 is 6.29 Å². The van der Waals surface area contributed by atoms with Crippen molar-refractivity contribution < 1.29 is 23.0 Å². The number of alkyl halides is 2. The highest BCUT2D eigenvalue weighted by Crippen LogP contribution is 2.42. The largest absolute Gasteiger partial charge is 0.586 e. The minimum atomic E-state index is -3.64. The first-order valence-corrected chi connectivity index (χ1v) is 6.71. The Morgan fingerprint density at radius 2 is 2.21 bits per heavy atom. The average molecular weight is 288 g/mol. The highest BCUT2D eigenvalue weighted by atomic mass is 32.2. The zero-order valence-corrected chi connectivity index (χ0v) is 10.4. The fourth-order valence-electron chi connectivity index (χ4n) is 1.82. The molecule has 0 bridgehead atoms. The second-order valence-electron chi connectivity index (χ2n) is 4.09. The van der Waals surface area contributed by atoms with E-state index in [1.165, 1.54) is 18.2 Å². The number of anilines is 1. The third-order valence-corrected chi connectivity index (χ3v) is 3.64. The number of halogens is 2. The number of hydrogen-bond acceptors (Lipinski definition) is 5. The molecule has 0 saturated carbocycles. The lowest BCUT2D eigenvalue weighted by molar-refractivity contribution is -0.286. The molecule has 2 heterocycles. The van der Waals surface area contributed by atoms with E-state index in [0.29, 0.717) is 11.4 Å². The lowest BCUT2D eigenvalue weighted by atomic mass is 10.2. The molecule has 19 heavy (non-hydrogen) atoms. The van der Waals surface area contributed by atoms with Crippen LogP contribution in [0.2, 0.25) is 0 Å². The maximum absolute atomic E-state index is 12.8. The molecule has 1 unspecified atom stereocenters. The normalized spacial score (nSPS) is 23.4. The van der Waals surface area contributed by atoms with E-state index in [2.05, 4.69) is 20.1 Å². The fourth-order valence-corrected chi connectivity index (χ4v) is 2.76. The second kappa shape index (κ2) is 4.53. The van der Waals surface area contributed by atoms with Crippen LogP contribution in [0.1, 0.15) is 0 Å². The van der Waals surface area contributed by atoms with Gasteiger partial charge in [-0.05, 0) is 12.1 Å². The van der Waals surface area contributed by atoms with Crippen molar-refractivity contribution in [1.82, 2.24) is 5.32 Å². The summed E-state index contributed by atoms with van der Waals surface area (Å²) in [5.74, 6) is 1.09. The fraction of sp³-hybridized carbons (Fsp3) is 0.364. The Morgan fingerprint density at radius 1 is 1.42 bits per heavy atom. The molecule has 1 fully saturated rings. The Kier molecular flexibility index (Phi) is 2.98. The Labute approximate surface area is 111 Å². The summed E-state index contributed by atoms with van der Waals surface area (Å²) < 4.78 is 34.3. The number of hydrogen-bond donors (Lipinski definition) is 2. The Bertz CT molecular complexity index is 521. The topological polar surface area (TPSA) is 59.6 Å². The molecule has 0 aliphatic carbocycles. The summed E-state index contributed by atoms with van der Waals surface area (Å²) >= 11 is 1.63. The van der Waals surface area contributed by atoms with E-state index in [9.17, 15) is 13.6 Å². The van der Waals surface area contributed by atoms with Gasteiger partial charge in [-0.25, -0.2) is 0 Å². The van der Waals surface area contributed by atoms with Gasteiger partial charge in [-0.2, -0.15) is 0 Å². The van der Waals surface area contributed by atoms with Crippen molar-refractivity contribution in [3.63, 3.8) is 0 Å². The smallest absolute Gasteiger partial charge is 0.395 e. The molecular formula is C11H10F2N2O3S. The van der Waals surface area contributed by atoms with E-state index in [1.807, 2.05) is 0 Å². The van der Waals surface area contributed by atoms with Gasteiger partial charge in [0.25, 0.3) is 0 Å². The molecule has 1 atom stereocenters. The highest BCUT2D eigenvalue weighted by Gasteiger charge is 2.43. The molecule has 3 rings (SSSR count). The third-order valence-electron chi connectivity index (χ3n) is 2.70. The van der Waals surface area contributed by atoms with Crippen LogP contribution >= 0.6 is 11.8 Å². The van der Waals surface area contributed by atoms with Crippen LogP contribution in [-0.4, -0.2) is 29.9 Å². The Morgan fingerprint density at radius 3 is 2.95 bits per heavy atom. The van der Waals surface area contributed by atoms with Crippen molar-refractivity contribution in [2.75, 3.05) is 16.9 Å². The number of benzene rings is 1. The van der Waals surface area contributed by atoms with Crippen LogP contribution in [0.5, 0.6) is 11.5 Å². The lowest BCUT2D eigenvalue weighted by Crippen LogP contribution is -2.37. The van der Waals surface area contributed by atoms with Crippen molar-refractivity contribution >= 4 is 23.4 Å². The minimum Gasteiger partial charge on any atom is -0.395 e. The van der Waals surface area contributed by atoms with E-state index < -0.39 is 6.29 Å². The SMILES string of the molecule is O=C(Nc1ccc2c(c1)OC(F)(F)O2)C1CSCN1. The predicted octanol–water partition coefficient (Wildman–Crippen LogP) is 1.61. The molecule has 2 N–H and O–H groups in total. The predicted molar refractivity (Wildman–Crippen MR) is 65.5 cm³/mol. The molecule has 1 aromatic carbocycles. The summed E-state index contributed by atoms with van der Waals surface area (Å²) in [5, 5.41) is 5.66. The summed E-state index contributed by atoms with van der Waals surface area (Å²) in [6, 6.07) is 3.87. The number of fused-ring (bicyclic) bond motifs is 1. The van der Waals surface area contributed by atoms with E-state index in [4.69, 9.17) is 0 Å². The van der Waals surface area contributed by atoms with Gasteiger partial charge in [0.05, 0.1) is 6.04 Å². The zero-order chi connectivity index (χ0) is 13.5. The Balaban J connectivity index is 1.71. The number of thioether (sulfide) groups is 1. The van der Waals surface area contributed by atoms with Crippen LogP contribution in [-0.2, 0) is 4.79 Å². The number of nitrogens with one attached hydrogen (secondary N) is 2. The van der Waals surface area contributed by atoms with Crippen molar-refractivity contribution in [1.29, 1.82) is 0 Å². The maximum Gasteiger partial charge on any atom is 0.586 e. The van der Waals surface area contributed by atoms with Gasteiger partial charge in [-0.1, -0.05) is 0 Å². The summed E-state index contributed by atoms with van der Waals surface area (Å²) in [4.78, 5) is 11.8. The molecular weight excluding hydrogens is 278 g/mol. The van der Waals surface area contributed by atoms with Crippen LogP contribution in [0.15, 0.2) is 18.2 Å². The third kappa shape index (κ3) is 2.59. The maximum atomic E-state index is 12.8. The molecule has 0 radical (unpaired) electrons. The monoisotopic (exact) mass is 288 g/mol. The van der Waals surface area contributed by atoms with Gasteiger partial charge in [0.15, 0.2) is 11.5 Å². The number of amides is 1. The van der Waals surface area contributed by atoms with Gasteiger partial charge in [-0.15, -0.1) is 20.5 Å².